The summed E-state index contributed by atoms with van der Waals surface area (Å²) in [5.74, 6) is 0.139. The summed E-state index contributed by atoms with van der Waals surface area (Å²) in [5.41, 5.74) is 0.739. The molecular weight excluding hydrogens is 238 g/mol. The molecule has 90 valence electrons. The third-order valence-electron chi connectivity index (χ3n) is 2.52. The Morgan fingerprint density at radius 1 is 1.53 bits per heavy atom. The van der Waals surface area contributed by atoms with Crippen molar-refractivity contribution in [2.24, 2.45) is 0 Å². The van der Waals surface area contributed by atoms with Crippen LogP contribution >= 0.6 is 11.3 Å². The van der Waals surface area contributed by atoms with Crippen LogP contribution in [-0.4, -0.2) is 17.4 Å². The van der Waals surface area contributed by atoms with Crippen LogP contribution in [0.1, 0.15) is 29.8 Å². The van der Waals surface area contributed by atoms with E-state index in [2.05, 4.69) is 4.98 Å². The number of hydrogen-bond acceptors (Lipinski definition) is 4. The Morgan fingerprint density at radius 3 is 2.82 bits per heavy atom. The van der Waals surface area contributed by atoms with E-state index in [1.165, 1.54) is 18.3 Å². The highest BCUT2D eigenvalue weighted by atomic mass is 32.1. The van der Waals surface area contributed by atoms with E-state index in [9.17, 15) is 9.59 Å². The number of ketones is 1. The molecule has 0 amide bonds. The Labute approximate surface area is 102 Å². The summed E-state index contributed by atoms with van der Waals surface area (Å²) in [6.07, 6.45) is 0. The number of aromatic amines is 1. The number of ether oxygens (including phenoxy) is 1. The van der Waals surface area contributed by atoms with Crippen LogP contribution in [0.25, 0.3) is 10.2 Å². The number of carbonyl (C=O) groups is 1. The molecule has 0 fully saturated rings. The minimum Gasteiger partial charge on any atom is -0.492 e. The van der Waals surface area contributed by atoms with Crippen molar-refractivity contribution in [1.82, 2.24) is 4.98 Å². The number of Topliss-reactive ketones (excluding diaryl/α,β-unsaturated/α-hetero) is 1. The Morgan fingerprint density at radius 2 is 2.24 bits per heavy atom. The molecule has 0 atom stereocenters. The third kappa shape index (κ3) is 1.86. The molecule has 17 heavy (non-hydrogen) atoms. The molecule has 0 radical (unpaired) electrons. The molecule has 2 heterocycles. The van der Waals surface area contributed by atoms with Gasteiger partial charge in [-0.2, -0.15) is 0 Å². The van der Waals surface area contributed by atoms with E-state index < -0.39 is 0 Å². The second-order valence-electron chi connectivity index (χ2n) is 3.77. The molecular formula is C12H13NO3S. The zero-order valence-corrected chi connectivity index (χ0v) is 10.7. The summed E-state index contributed by atoms with van der Waals surface area (Å²) in [6.45, 7) is 5.57. The van der Waals surface area contributed by atoms with Gasteiger partial charge in [0.15, 0.2) is 5.78 Å². The predicted molar refractivity (Wildman–Crippen MR) is 68.4 cm³/mol. The molecule has 0 saturated carbocycles. The standard InChI is InChI=1S/C12H13NO3S/c1-4-16-10-8-6(2)5-17-12(8)13-11(15)9(10)7(3)14/h5H,4H2,1-3H3,(H,13,15). The van der Waals surface area contributed by atoms with Gasteiger partial charge < -0.3 is 9.72 Å². The van der Waals surface area contributed by atoms with Crippen LogP contribution in [0.3, 0.4) is 0 Å². The fourth-order valence-corrected chi connectivity index (χ4v) is 2.76. The molecule has 0 aromatic carbocycles. The van der Waals surface area contributed by atoms with E-state index in [0.29, 0.717) is 12.4 Å². The second kappa shape index (κ2) is 4.33. The maximum absolute atomic E-state index is 11.8. The first kappa shape index (κ1) is 11.9. The van der Waals surface area contributed by atoms with Crippen molar-refractivity contribution in [2.75, 3.05) is 6.61 Å². The first-order chi connectivity index (χ1) is 8.06. The van der Waals surface area contributed by atoms with Crippen LogP contribution in [0.2, 0.25) is 0 Å². The number of fused-ring (bicyclic) bond motifs is 1. The number of carbonyl (C=O) groups excluding carboxylic acids is 1. The van der Waals surface area contributed by atoms with Gasteiger partial charge in [-0.25, -0.2) is 0 Å². The summed E-state index contributed by atoms with van der Waals surface area (Å²) in [5, 5.41) is 2.77. The molecule has 4 nitrogen and oxygen atoms in total. The molecule has 0 aliphatic carbocycles. The lowest BCUT2D eigenvalue weighted by atomic mass is 10.1. The summed E-state index contributed by atoms with van der Waals surface area (Å²) >= 11 is 1.44. The lowest BCUT2D eigenvalue weighted by Gasteiger charge is -2.09. The highest BCUT2D eigenvalue weighted by Gasteiger charge is 2.19. The maximum atomic E-state index is 11.8. The molecule has 2 aromatic rings. The number of nitrogens with one attached hydrogen (secondary N) is 1. The summed E-state index contributed by atoms with van der Waals surface area (Å²) in [6, 6.07) is 0. The van der Waals surface area contributed by atoms with Gasteiger partial charge in [-0.15, -0.1) is 11.3 Å². The average molecular weight is 251 g/mol. The van der Waals surface area contributed by atoms with Gasteiger partial charge in [0.25, 0.3) is 5.56 Å². The van der Waals surface area contributed by atoms with Crippen molar-refractivity contribution in [3.63, 3.8) is 0 Å². The van der Waals surface area contributed by atoms with Gasteiger partial charge >= 0.3 is 0 Å². The number of aromatic nitrogens is 1. The molecule has 0 spiro atoms. The normalized spacial score (nSPS) is 10.8. The Balaban J connectivity index is 2.91. The van der Waals surface area contributed by atoms with Gasteiger partial charge in [0.1, 0.15) is 16.1 Å². The Bertz CT molecular complexity index is 639. The minimum absolute atomic E-state index is 0.112. The third-order valence-corrected chi connectivity index (χ3v) is 3.54. The quantitative estimate of drug-likeness (QED) is 0.853. The monoisotopic (exact) mass is 251 g/mol. The molecule has 0 unspecified atom stereocenters. The highest BCUT2D eigenvalue weighted by molar-refractivity contribution is 7.17. The first-order valence-corrected chi connectivity index (χ1v) is 6.22. The summed E-state index contributed by atoms with van der Waals surface area (Å²) in [4.78, 5) is 26.8. The number of pyridine rings is 1. The van der Waals surface area contributed by atoms with Gasteiger partial charge in [-0.3, -0.25) is 9.59 Å². The molecule has 0 saturated heterocycles. The van der Waals surface area contributed by atoms with Crippen LogP contribution in [0.4, 0.5) is 0 Å². The summed E-state index contributed by atoms with van der Waals surface area (Å²) in [7, 11) is 0. The van der Waals surface area contributed by atoms with Crippen molar-refractivity contribution < 1.29 is 9.53 Å². The van der Waals surface area contributed by atoms with E-state index >= 15 is 0 Å². The number of H-pyrrole nitrogens is 1. The van der Waals surface area contributed by atoms with Crippen LogP contribution in [0.5, 0.6) is 5.75 Å². The van der Waals surface area contributed by atoms with E-state index in [-0.39, 0.29) is 16.9 Å². The van der Waals surface area contributed by atoms with Crippen LogP contribution < -0.4 is 10.3 Å². The van der Waals surface area contributed by atoms with Crippen molar-refractivity contribution in [3.05, 3.63) is 26.9 Å². The van der Waals surface area contributed by atoms with Crippen molar-refractivity contribution >= 4 is 27.3 Å². The number of rotatable bonds is 3. The van der Waals surface area contributed by atoms with Gasteiger partial charge in [0.2, 0.25) is 0 Å². The van der Waals surface area contributed by atoms with Crippen molar-refractivity contribution in [2.45, 2.75) is 20.8 Å². The zero-order chi connectivity index (χ0) is 12.6. The average Bonchev–Trinajstić information content (AvgIpc) is 2.59. The Hall–Kier alpha value is -1.62. The molecule has 0 bridgehead atoms. The molecule has 0 aliphatic rings. The smallest absolute Gasteiger partial charge is 0.263 e. The Kier molecular flexibility index (Phi) is 3.02. The van der Waals surface area contributed by atoms with Crippen molar-refractivity contribution in [3.8, 4) is 5.75 Å². The molecule has 0 aliphatic heterocycles. The lowest BCUT2D eigenvalue weighted by Crippen LogP contribution is -2.18. The van der Waals surface area contributed by atoms with Crippen LogP contribution in [-0.2, 0) is 0 Å². The number of thiophene rings is 1. The summed E-state index contributed by atoms with van der Waals surface area (Å²) < 4.78 is 5.50. The van der Waals surface area contributed by atoms with Crippen LogP contribution in [0, 0.1) is 6.92 Å². The van der Waals surface area contributed by atoms with Gasteiger partial charge in [0, 0.05) is 0 Å². The van der Waals surface area contributed by atoms with Crippen LogP contribution in [0.15, 0.2) is 10.2 Å². The highest BCUT2D eigenvalue weighted by Crippen LogP contribution is 2.33. The molecule has 1 N–H and O–H groups in total. The van der Waals surface area contributed by atoms with Crippen molar-refractivity contribution in [1.29, 1.82) is 0 Å². The SMILES string of the molecule is CCOc1c(C(C)=O)c(=O)[nH]c2scc(C)c12. The van der Waals surface area contributed by atoms with E-state index in [1.807, 2.05) is 19.2 Å². The topological polar surface area (TPSA) is 59.2 Å². The number of aryl methyl sites for hydroxylation is 1. The van der Waals surface area contributed by atoms with Gasteiger partial charge in [-0.05, 0) is 31.7 Å². The zero-order valence-electron chi connectivity index (χ0n) is 9.92. The fourth-order valence-electron chi connectivity index (χ4n) is 1.82. The minimum atomic E-state index is -0.379. The van der Waals surface area contributed by atoms with E-state index in [4.69, 9.17) is 4.74 Å². The van der Waals surface area contributed by atoms with E-state index in [0.717, 1.165) is 15.8 Å². The number of hydrogen-bond donors (Lipinski definition) is 1. The molecule has 2 rings (SSSR count). The molecule has 5 heteroatoms. The molecule has 2 aromatic heterocycles. The predicted octanol–water partition coefficient (Wildman–Crippen LogP) is 2.50. The van der Waals surface area contributed by atoms with Gasteiger partial charge in [-0.1, -0.05) is 0 Å². The first-order valence-electron chi connectivity index (χ1n) is 5.34. The fraction of sp³-hybridized carbons (Fsp3) is 0.333. The van der Waals surface area contributed by atoms with E-state index in [1.54, 1.807) is 0 Å². The largest absolute Gasteiger partial charge is 0.492 e. The lowest BCUT2D eigenvalue weighted by molar-refractivity contribution is 0.101. The maximum Gasteiger partial charge on any atom is 0.263 e. The second-order valence-corrected chi connectivity index (χ2v) is 4.65. The van der Waals surface area contributed by atoms with Gasteiger partial charge in [0.05, 0.1) is 12.0 Å².